The van der Waals surface area contributed by atoms with Crippen molar-refractivity contribution in [2.24, 2.45) is 4.99 Å². The molecule has 0 aliphatic carbocycles. The summed E-state index contributed by atoms with van der Waals surface area (Å²) in [4.78, 5) is 14.2. The summed E-state index contributed by atoms with van der Waals surface area (Å²) >= 11 is 0. The van der Waals surface area contributed by atoms with Gasteiger partial charge in [0.1, 0.15) is 11.6 Å². The number of aromatic hydroxyl groups is 1. The van der Waals surface area contributed by atoms with Crippen molar-refractivity contribution in [3.63, 3.8) is 0 Å². The van der Waals surface area contributed by atoms with E-state index in [9.17, 15) is 19.6 Å². The zero-order valence-electron chi connectivity index (χ0n) is 11.1. The van der Waals surface area contributed by atoms with Gasteiger partial charge in [0.15, 0.2) is 0 Å². The highest BCUT2D eigenvalue weighted by Crippen LogP contribution is 2.21. The minimum Gasteiger partial charge on any atom is -0.507 e. The lowest BCUT2D eigenvalue weighted by Gasteiger charge is -2.00. The molecule has 6 heteroatoms. The Morgan fingerprint density at radius 3 is 2.76 bits per heavy atom. The Morgan fingerprint density at radius 2 is 2.05 bits per heavy atom. The van der Waals surface area contributed by atoms with E-state index in [1.54, 1.807) is 18.2 Å². The van der Waals surface area contributed by atoms with E-state index < -0.39 is 4.92 Å². The number of benzene rings is 2. The van der Waals surface area contributed by atoms with Crippen molar-refractivity contribution in [1.29, 1.82) is 0 Å². The van der Waals surface area contributed by atoms with E-state index in [2.05, 4.69) is 4.99 Å². The Balaban J connectivity index is 2.03. The molecule has 0 radical (unpaired) electrons. The maximum atomic E-state index is 13.4. The molecule has 0 aromatic heterocycles. The second-order valence-electron chi connectivity index (χ2n) is 4.38. The number of non-ortho nitro benzene ring substituents is 1. The van der Waals surface area contributed by atoms with Crippen molar-refractivity contribution in [2.45, 2.75) is 6.42 Å². The predicted octanol–water partition coefficient (Wildman–Crippen LogP) is 3.10. The van der Waals surface area contributed by atoms with Crippen LogP contribution in [0.2, 0.25) is 0 Å². The smallest absolute Gasteiger partial charge is 0.270 e. The van der Waals surface area contributed by atoms with Crippen molar-refractivity contribution < 1.29 is 14.4 Å². The van der Waals surface area contributed by atoms with Gasteiger partial charge in [-0.15, -0.1) is 0 Å². The van der Waals surface area contributed by atoms with E-state index in [0.717, 1.165) is 0 Å². The molecule has 2 rings (SSSR count). The summed E-state index contributed by atoms with van der Waals surface area (Å²) in [6.07, 6.45) is 1.77. The molecular formula is C15H13FN2O3. The Labute approximate surface area is 120 Å². The molecule has 0 aliphatic heterocycles. The molecule has 108 valence electrons. The number of hydrogen-bond acceptors (Lipinski definition) is 4. The molecule has 0 aliphatic rings. The molecule has 0 unspecified atom stereocenters. The maximum Gasteiger partial charge on any atom is 0.270 e. The molecule has 0 heterocycles. The third kappa shape index (κ3) is 3.85. The third-order valence-corrected chi connectivity index (χ3v) is 2.92. The minimum absolute atomic E-state index is 0.0877. The van der Waals surface area contributed by atoms with Gasteiger partial charge in [-0.3, -0.25) is 15.1 Å². The standard InChI is InChI=1S/C15H13FN2O3/c16-14-4-2-1-3-11(14)7-8-17-10-12-9-13(18(20)21)5-6-15(12)19/h1-6,9-10,19H,7-8H2. The number of rotatable bonds is 5. The number of phenols is 1. The van der Waals surface area contributed by atoms with Gasteiger partial charge in [0.2, 0.25) is 0 Å². The quantitative estimate of drug-likeness (QED) is 0.522. The van der Waals surface area contributed by atoms with Gasteiger partial charge in [0, 0.05) is 30.5 Å². The third-order valence-electron chi connectivity index (χ3n) is 2.92. The lowest BCUT2D eigenvalue weighted by Crippen LogP contribution is -1.95. The second kappa shape index (κ2) is 6.60. The maximum absolute atomic E-state index is 13.4. The normalized spacial score (nSPS) is 10.9. The van der Waals surface area contributed by atoms with Crippen LogP contribution in [0.25, 0.3) is 0 Å². The van der Waals surface area contributed by atoms with Crippen LogP contribution in [0.15, 0.2) is 47.5 Å². The van der Waals surface area contributed by atoms with E-state index in [4.69, 9.17) is 0 Å². The van der Waals surface area contributed by atoms with Crippen LogP contribution < -0.4 is 0 Å². The van der Waals surface area contributed by atoms with Crippen LogP contribution in [-0.2, 0) is 6.42 Å². The number of nitro groups is 1. The summed E-state index contributed by atoms with van der Waals surface area (Å²) in [6.45, 7) is 0.322. The van der Waals surface area contributed by atoms with Gasteiger partial charge in [-0.25, -0.2) is 4.39 Å². The van der Waals surface area contributed by atoms with Gasteiger partial charge < -0.3 is 5.11 Å². The molecule has 0 bridgehead atoms. The van der Waals surface area contributed by atoms with Crippen LogP contribution >= 0.6 is 0 Å². The molecular weight excluding hydrogens is 275 g/mol. The SMILES string of the molecule is O=[N+]([O-])c1ccc(O)c(C=NCCc2ccccc2F)c1. The molecule has 1 N–H and O–H groups in total. The Hall–Kier alpha value is -2.76. The summed E-state index contributed by atoms with van der Waals surface area (Å²) in [6, 6.07) is 10.1. The van der Waals surface area contributed by atoms with E-state index in [-0.39, 0.29) is 22.8 Å². The number of phenolic OH excluding ortho intramolecular Hbond substituents is 1. The summed E-state index contributed by atoms with van der Waals surface area (Å²) in [5, 5.41) is 20.3. The molecule has 2 aromatic carbocycles. The zero-order valence-corrected chi connectivity index (χ0v) is 11.1. The number of hydrogen-bond donors (Lipinski definition) is 1. The number of nitrogens with zero attached hydrogens (tertiary/aromatic N) is 2. The van der Waals surface area contributed by atoms with Crippen molar-refractivity contribution in [3.05, 3.63) is 69.5 Å². The minimum atomic E-state index is -0.546. The molecule has 0 atom stereocenters. The van der Waals surface area contributed by atoms with E-state index in [1.165, 1.54) is 30.5 Å². The first-order valence-corrected chi connectivity index (χ1v) is 6.28. The average Bonchev–Trinajstić information content (AvgIpc) is 2.46. The van der Waals surface area contributed by atoms with Crippen LogP contribution in [0.3, 0.4) is 0 Å². The fraction of sp³-hybridized carbons (Fsp3) is 0.133. The average molecular weight is 288 g/mol. The summed E-state index contributed by atoms with van der Waals surface area (Å²) in [5.41, 5.74) is 0.694. The predicted molar refractivity (Wildman–Crippen MR) is 77.3 cm³/mol. The van der Waals surface area contributed by atoms with Crippen LogP contribution in [-0.4, -0.2) is 22.8 Å². The van der Waals surface area contributed by atoms with Crippen molar-refractivity contribution in [3.8, 4) is 5.75 Å². The van der Waals surface area contributed by atoms with Gasteiger partial charge in [0.25, 0.3) is 5.69 Å². The summed E-state index contributed by atoms with van der Waals surface area (Å²) in [7, 11) is 0. The molecule has 0 saturated carbocycles. The largest absolute Gasteiger partial charge is 0.507 e. The van der Waals surface area contributed by atoms with Crippen LogP contribution in [0, 0.1) is 15.9 Å². The topological polar surface area (TPSA) is 75.7 Å². The molecule has 0 spiro atoms. The number of aliphatic imine (C=N–C) groups is 1. The Kier molecular flexibility index (Phi) is 4.61. The first-order chi connectivity index (χ1) is 10.1. The second-order valence-corrected chi connectivity index (χ2v) is 4.38. The highest BCUT2D eigenvalue weighted by molar-refractivity contribution is 5.84. The van der Waals surface area contributed by atoms with Crippen molar-refractivity contribution >= 4 is 11.9 Å². The Morgan fingerprint density at radius 1 is 1.29 bits per heavy atom. The zero-order chi connectivity index (χ0) is 15.2. The summed E-state index contributed by atoms with van der Waals surface area (Å²) < 4.78 is 13.4. The molecule has 0 fully saturated rings. The lowest BCUT2D eigenvalue weighted by atomic mass is 10.1. The molecule has 2 aromatic rings. The van der Waals surface area contributed by atoms with Gasteiger partial charge in [0.05, 0.1) is 4.92 Å². The van der Waals surface area contributed by atoms with Crippen molar-refractivity contribution in [1.82, 2.24) is 0 Å². The molecule has 21 heavy (non-hydrogen) atoms. The highest BCUT2D eigenvalue weighted by Gasteiger charge is 2.08. The fourth-order valence-electron chi connectivity index (χ4n) is 1.81. The van der Waals surface area contributed by atoms with Gasteiger partial charge >= 0.3 is 0 Å². The van der Waals surface area contributed by atoms with E-state index in [0.29, 0.717) is 18.5 Å². The monoisotopic (exact) mass is 288 g/mol. The lowest BCUT2D eigenvalue weighted by molar-refractivity contribution is -0.384. The first kappa shape index (κ1) is 14.6. The van der Waals surface area contributed by atoms with E-state index >= 15 is 0 Å². The van der Waals surface area contributed by atoms with Gasteiger partial charge in [-0.05, 0) is 24.1 Å². The van der Waals surface area contributed by atoms with Gasteiger partial charge in [-0.2, -0.15) is 0 Å². The molecule has 5 nitrogen and oxygen atoms in total. The van der Waals surface area contributed by atoms with Crippen molar-refractivity contribution in [2.75, 3.05) is 6.54 Å². The van der Waals surface area contributed by atoms with Crippen LogP contribution in [0.1, 0.15) is 11.1 Å². The molecule has 0 amide bonds. The summed E-state index contributed by atoms with van der Waals surface area (Å²) in [5.74, 6) is -0.374. The van der Waals surface area contributed by atoms with E-state index in [1.807, 2.05) is 0 Å². The molecule has 0 saturated heterocycles. The highest BCUT2D eigenvalue weighted by atomic mass is 19.1. The van der Waals surface area contributed by atoms with Crippen LogP contribution in [0.5, 0.6) is 5.75 Å². The van der Waals surface area contributed by atoms with Gasteiger partial charge in [-0.1, -0.05) is 18.2 Å². The fourth-order valence-corrected chi connectivity index (χ4v) is 1.81. The Bertz CT molecular complexity index is 686. The number of nitro benzene ring substituents is 1. The first-order valence-electron chi connectivity index (χ1n) is 6.28. The van der Waals surface area contributed by atoms with Crippen LogP contribution in [0.4, 0.5) is 10.1 Å². The number of halogens is 1.